The van der Waals surface area contributed by atoms with Crippen LogP contribution >= 0.6 is 11.6 Å². The van der Waals surface area contributed by atoms with E-state index in [0.29, 0.717) is 23.4 Å². The molecule has 0 bridgehead atoms. The van der Waals surface area contributed by atoms with Crippen LogP contribution in [0.1, 0.15) is 49.6 Å². The highest BCUT2D eigenvalue weighted by Gasteiger charge is 2.22. The highest BCUT2D eigenvalue weighted by molar-refractivity contribution is 7.86. The summed E-state index contributed by atoms with van der Waals surface area (Å²) in [6.45, 7) is 11.0. The monoisotopic (exact) mass is 537 g/mol. The number of hydrogen-bond donors (Lipinski definition) is 1. The molecule has 0 aliphatic heterocycles. The Labute approximate surface area is 224 Å². The highest BCUT2D eigenvalue weighted by Crippen LogP contribution is 2.31. The largest absolute Gasteiger partial charge is 0.386 e. The summed E-state index contributed by atoms with van der Waals surface area (Å²) in [6, 6.07) is 17.0. The van der Waals surface area contributed by atoms with Gasteiger partial charge in [-0.05, 0) is 79.3 Å². The van der Waals surface area contributed by atoms with Crippen molar-refractivity contribution in [1.29, 1.82) is 0 Å². The zero-order valence-corrected chi connectivity index (χ0v) is 22.9. The number of fused-ring (bicyclic) bond motifs is 1. The van der Waals surface area contributed by atoms with Gasteiger partial charge in [-0.25, -0.2) is 4.98 Å². The van der Waals surface area contributed by atoms with Crippen molar-refractivity contribution in [3.05, 3.63) is 113 Å². The van der Waals surface area contributed by atoms with Crippen molar-refractivity contribution in [2.45, 2.75) is 38.4 Å². The maximum absolute atomic E-state index is 12.1. The van der Waals surface area contributed by atoms with E-state index in [0.717, 1.165) is 39.6 Å². The molecule has 1 N–H and O–H groups in total. The van der Waals surface area contributed by atoms with Gasteiger partial charge in [0.25, 0.3) is 10.1 Å². The zero-order chi connectivity index (χ0) is 27.2. The van der Waals surface area contributed by atoms with E-state index in [9.17, 15) is 13.5 Å². The molecule has 5 nitrogen and oxygen atoms in total. The fraction of sp³-hybridized carbons (Fsp3) is 0.233. The smallest absolute Gasteiger partial charge is 0.264 e. The second kappa shape index (κ2) is 12.0. The molecule has 37 heavy (non-hydrogen) atoms. The average molecular weight is 538 g/mol. The number of rotatable bonds is 11. The van der Waals surface area contributed by atoms with Gasteiger partial charge < -0.3 is 5.11 Å². The zero-order valence-electron chi connectivity index (χ0n) is 21.3. The summed E-state index contributed by atoms with van der Waals surface area (Å²) >= 11 is 6.10. The van der Waals surface area contributed by atoms with Crippen molar-refractivity contribution in [3.8, 4) is 0 Å². The highest BCUT2D eigenvalue weighted by atomic mass is 35.5. The van der Waals surface area contributed by atoms with Crippen LogP contribution in [-0.2, 0) is 14.3 Å². The van der Waals surface area contributed by atoms with Crippen LogP contribution in [0.5, 0.6) is 0 Å². The Morgan fingerprint density at radius 3 is 2.49 bits per heavy atom. The minimum atomic E-state index is -3.72. The normalized spacial score (nSPS) is 14.0. The fourth-order valence-corrected chi connectivity index (χ4v) is 4.93. The molecule has 1 unspecified atom stereocenters. The van der Waals surface area contributed by atoms with Crippen molar-refractivity contribution in [2.75, 3.05) is 6.26 Å². The number of benzene rings is 2. The summed E-state index contributed by atoms with van der Waals surface area (Å²) < 4.78 is 29.6. The van der Waals surface area contributed by atoms with Gasteiger partial charge >= 0.3 is 0 Å². The molecule has 0 saturated heterocycles. The number of pyridine rings is 1. The molecule has 194 valence electrons. The summed E-state index contributed by atoms with van der Waals surface area (Å²) in [5.41, 5.74) is 3.48. The lowest BCUT2D eigenvalue weighted by Crippen LogP contribution is -2.22. The SMILES string of the molecule is C=C/C(CCC(OS(C)(=O)=O)c1cccc(/C=C/c2ccc3ccc(Cl)cc3n2)c1)=C(\C=C)C(C)(C)O. The molecule has 3 aromatic rings. The number of aliphatic hydroxyl groups is 1. The van der Waals surface area contributed by atoms with Gasteiger partial charge in [-0.1, -0.05) is 73.3 Å². The van der Waals surface area contributed by atoms with Crippen LogP contribution in [-0.4, -0.2) is 30.4 Å². The van der Waals surface area contributed by atoms with E-state index in [2.05, 4.69) is 18.1 Å². The molecule has 0 amide bonds. The van der Waals surface area contributed by atoms with Crippen LogP contribution in [0.15, 0.2) is 91.1 Å². The quantitative estimate of drug-likeness (QED) is 0.205. The van der Waals surface area contributed by atoms with Gasteiger partial charge in [0.15, 0.2) is 0 Å². The molecule has 7 heteroatoms. The lowest BCUT2D eigenvalue weighted by Gasteiger charge is -2.23. The molecular weight excluding hydrogens is 506 g/mol. The van der Waals surface area contributed by atoms with Crippen LogP contribution < -0.4 is 0 Å². The molecule has 0 fully saturated rings. The Kier molecular flexibility index (Phi) is 9.26. The van der Waals surface area contributed by atoms with Gasteiger partial charge in [0.05, 0.1) is 23.1 Å². The van der Waals surface area contributed by atoms with Gasteiger partial charge in [-0.3, -0.25) is 4.18 Å². The summed E-state index contributed by atoms with van der Waals surface area (Å²) in [4.78, 5) is 4.64. The number of allylic oxidation sites excluding steroid dienone is 2. The molecule has 0 aliphatic rings. The first-order valence-corrected chi connectivity index (χ1v) is 14.0. The van der Waals surface area contributed by atoms with E-state index in [1.165, 1.54) is 0 Å². The van der Waals surface area contributed by atoms with Crippen LogP contribution in [0.25, 0.3) is 23.1 Å². The molecule has 0 aliphatic carbocycles. The summed E-state index contributed by atoms with van der Waals surface area (Å²) in [6.07, 6.45) is 8.20. The predicted octanol–water partition coefficient (Wildman–Crippen LogP) is 7.30. The third-order valence-electron chi connectivity index (χ3n) is 5.83. The predicted molar refractivity (Wildman–Crippen MR) is 154 cm³/mol. The molecule has 1 aromatic heterocycles. The van der Waals surface area contributed by atoms with Crippen LogP contribution in [0.3, 0.4) is 0 Å². The molecule has 0 radical (unpaired) electrons. The average Bonchev–Trinajstić information content (AvgIpc) is 2.82. The number of hydrogen-bond acceptors (Lipinski definition) is 5. The van der Waals surface area contributed by atoms with Crippen LogP contribution in [0.4, 0.5) is 0 Å². The minimum absolute atomic E-state index is 0.363. The first-order chi connectivity index (χ1) is 17.4. The lowest BCUT2D eigenvalue weighted by molar-refractivity contribution is 0.122. The molecule has 1 atom stereocenters. The van der Waals surface area contributed by atoms with Crippen molar-refractivity contribution in [1.82, 2.24) is 4.98 Å². The van der Waals surface area contributed by atoms with Gasteiger partial charge in [-0.15, -0.1) is 0 Å². The third-order valence-corrected chi connectivity index (χ3v) is 6.64. The van der Waals surface area contributed by atoms with E-state index < -0.39 is 21.8 Å². The van der Waals surface area contributed by atoms with E-state index in [-0.39, 0.29) is 0 Å². The molecule has 2 aromatic carbocycles. The first-order valence-electron chi connectivity index (χ1n) is 11.8. The van der Waals surface area contributed by atoms with Gasteiger partial charge in [0, 0.05) is 10.4 Å². The Balaban J connectivity index is 1.88. The third kappa shape index (κ3) is 8.23. The van der Waals surface area contributed by atoms with E-state index in [4.69, 9.17) is 15.8 Å². The van der Waals surface area contributed by atoms with Gasteiger partial charge in [0.1, 0.15) is 6.10 Å². The minimum Gasteiger partial charge on any atom is -0.386 e. The Bertz CT molecular complexity index is 1470. The Morgan fingerprint density at radius 1 is 1.11 bits per heavy atom. The molecule has 3 rings (SSSR count). The van der Waals surface area contributed by atoms with Crippen molar-refractivity contribution in [3.63, 3.8) is 0 Å². The number of halogens is 1. The fourth-order valence-electron chi connectivity index (χ4n) is 4.13. The second-order valence-corrected chi connectivity index (χ2v) is 11.3. The molecule has 1 heterocycles. The number of aromatic nitrogens is 1. The lowest BCUT2D eigenvalue weighted by atomic mass is 9.89. The van der Waals surface area contributed by atoms with Crippen LogP contribution in [0.2, 0.25) is 5.02 Å². The Hall–Kier alpha value is -3.03. The molecular formula is C30H32ClNO4S. The van der Waals surface area contributed by atoms with Crippen molar-refractivity contribution < 1.29 is 17.7 Å². The first kappa shape index (κ1) is 28.5. The van der Waals surface area contributed by atoms with E-state index in [1.807, 2.05) is 66.7 Å². The maximum Gasteiger partial charge on any atom is 0.264 e. The standard InChI is InChI=1S/C30H32ClNO4S/c1-6-22(27(7-2)30(3,4)33)14-18-29(36-37(5,34)35)24-10-8-9-21(19-24)11-16-26-17-13-23-12-15-25(31)20-28(23)32-26/h6-13,15-17,19-20,29,33H,1-2,14,18H2,3-5H3/b16-11+,27-22-. The van der Waals surface area contributed by atoms with E-state index in [1.54, 1.807) is 26.0 Å². The Morgan fingerprint density at radius 2 is 1.84 bits per heavy atom. The van der Waals surface area contributed by atoms with E-state index >= 15 is 0 Å². The molecule has 0 saturated carbocycles. The van der Waals surface area contributed by atoms with Crippen molar-refractivity contribution in [2.24, 2.45) is 0 Å². The molecule has 0 spiro atoms. The van der Waals surface area contributed by atoms with Crippen molar-refractivity contribution >= 4 is 44.8 Å². The summed E-state index contributed by atoms with van der Waals surface area (Å²) in [5.74, 6) is 0. The summed E-state index contributed by atoms with van der Waals surface area (Å²) in [7, 11) is -3.72. The summed E-state index contributed by atoms with van der Waals surface area (Å²) in [5, 5.41) is 12.1. The maximum atomic E-state index is 12.1. The van der Waals surface area contributed by atoms with Gasteiger partial charge in [0.2, 0.25) is 0 Å². The topological polar surface area (TPSA) is 76.5 Å². The van der Waals surface area contributed by atoms with Crippen LogP contribution in [0, 0.1) is 0 Å². The van der Waals surface area contributed by atoms with Gasteiger partial charge in [-0.2, -0.15) is 8.42 Å². The number of nitrogens with zero attached hydrogens (tertiary/aromatic N) is 1. The second-order valence-electron chi connectivity index (χ2n) is 9.31.